The highest BCUT2D eigenvalue weighted by Crippen LogP contribution is 2.16. The standard InChI is InChI=1S/C20H22N2O6/c1-13(20(25)26)21-18(23)14-6-8-16(9-7-14)22-19(24)15-4-3-5-17(12-15)28-11-10-27-2/h3-9,12-13H,10-11H2,1-2H3,(H,21,23)(H,22,24)(H,25,26). The van der Waals surface area contributed by atoms with Crippen LogP contribution in [0.1, 0.15) is 27.6 Å². The predicted molar refractivity (Wildman–Crippen MR) is 103 cm³/mol. The number of ether oxygens (including phenoxy) is 2. The minimum Gasteiger partial charge on any atom is -0.491 e. The molecule has 0 saturated heterocycles. The van der Waals surface area contributed by atoms with Crippen LogP contribution in [0.2, 0.25) is 0 Å². The molecular weight excluding hydrogens is 364 g/mol. The summed E-state index contributed by atoms with van der Waals surface area (Å²) in [5.41, 5.74) is 1.21. The largest absolute Gasteiger partial charge is 0.491 e. The Hall–Kier alpha value is -3.39. The average molecular weight is 386 g/mol. The molecule has 0 heterocycles. The van der Waals surface area contributed by atoms with E-state index in [2.05, 4.69) is 10.6 Å². The van der Waals surface area contributed by atoms with Gasteiger partial charge in [-0.1, -0.05) is 6.07 Å². The Kier molecular flexibility index (Phi) is 7.53. The van der Waals surface area contributed by atoms with E-state index in [1.807, 2.05) is 0 Å². The molecule has 0 aliphatic carbocycles. The first-order chi connectivity index (χ1) is 13.4. The predicted octanol–water partition coefficient (Wildman–Crippen LogP) is 2.17. The summed E-state index contributed by atoms with van der Waals surface area (Å²) in [5, 5.41) is 13.9. The minimum atomic E-state index is -1.12. The topological polar surface area (TPSA) is 114 Å². The van der Waals surface area contributed by atoms with Crippen molar-refractivity contribution in [3.05, 3.63) is 59.7 Å². The van der Waals surface area contributed by atoms with Crippen LogP contribution in [0, 0.1) is 0 Å². The Morgan fingerprint density at radius 1 is 1.00 bits per heavy atom. The normalized spacial score (nSPS) is 11.4. The number of anilines is 1. The molecule has 0 spiro atoms. The molecule has 0 fully saturated rings. The fourth-order valence-electron chi connectivity index (χ4n) is 2.22. The number of amides is 2. The van der Waals surface area contributed by atoms with Crippen LogP contribution in [0.3, 0.4) is 0 Å². The summed E-state index contributed by atoms with van der Waals surface area (Å²) in [7, 11) is 1.58. The second kappa shape index (κ2) is 10.1. The summed E-state index contributed by atoms with van der Waals surface area (Å²) in [6.07, 6.45) is 0. The summed E-state index contributed by atoms with van der Waals surface area (Å²) in [4.78, 5) is 35.2. The van der Waals surface area contributed by atoms with Gasteiger partial charge in [0.25, 0.3) is 11.8 Å². The van der Waals surface area contributed by atoms with Crippen LogP contribution in [-0.2, 0) is 9.53 Å². The van der Waals surface area contributed by atoms with Gasteiger partial charge in [-0.05, 0) is 49.4 Å². The van der Waals surface area contributed by atoms with E-state index in [4.69, 9.17) is 14.6 Å². The summed E-state index contributed by atoms with van der Waals surface area (Å²) in [6, 6.07) is 11.9. The molecule has 0 aliphatic rings. The van der Waals surface area contributed by atoms with Crippen LogP contribution >= 0.6 is 0 Å². The molecule has 1 unspecified atom stereocenters. The quantitative estimate of drug-likeness (QED) is 0.569. The molecule has 2 amide bonds. The van der Waals surface area contributed by atoms with Crippen molar-refractivity contribution in [1.29, 1.82) is 0 Å². The number of hydrogen-bond donors (Lipinski definition) is 3. The van der Waals surface area contributed by atoms with Gasteiger partial charge in [-0.15, -0.1) is 0 Å². The van der Waals surface area contributed by atoms with E-state index in [1.165, 1.54) is 19.1 Å². The number of carbonyl (C=O) groups excluding carboxylic acids is 2. The minimum absolute atomic E-state index is 0.291. The zero-order valence-electron chi connectivity index (χ0n) is 15.6. The molecule has 28 heavy (non-hydrogen) atoms. The van der Waals surface area contributed by atoms with Gasteiger partial charge in [-0.25, -0.2) is 0 Å². The molecule has 8 nitrogen and oxygen atoms in total. The summed E-state index contributed by atoms with van der Waals surface area (Å²) >= 11 is 0. The van der Waals surface area contributed by atoms with Crippen molar-refractivity contribution in [3.63, 3.8) is 0 Å². The lowest BCUT2D eigenvalue weighted by molar-refractivity contribution is -0.138. The SMILES string of the molecule is COCCOc1cccc(C(=O)Nc2ccc(C(=O)NC(C)C(=O)O)cc2)c1. The van der Waals surface area contributed by atoms with Gasteiger partial charge in [0.15, 0.2) is 0 Å². The third-order valence-electron chi connectivity index (χ3n) is 3.78. The van der Waals surface area contributed by atoms with E-state index >= 15 is 0 Å². The molecule has 2 rings (SSSR count). The molecule has 0 bridgehead atoms. The van der Waals surface area contributed by atoms with Crippen molar-refractivity contribution in [2.75, 3.05) is 25.6 Å². The van der Waals surface area contributed by atoms with Crippen LogP contribution in [0.15, 0.2) is 48.5 Å². The summed E-state index contributed by atoms with van der Waals surface area (Å²) < 4.78 is 10.4. The van der Waals surface area contributed by atoms with Gasteiger partial charge in [-0.2, -0.15) is 0 Å². The summed E-state index contributed by atoms with van der Waals surface area (Å²) in [6.45, 7) is 2.20. The van der Waals surface area contributed by atoms with E-state index in [0.29, 0.717) is 35.8 Å². The first-order valence-corrected chi connectivity index (χ1v) is 8.57. The lowest BCUT2D eigenvalue weighted by atomic mass is 10.1. The van der Waals surface area contributed by atoms with Crippen molar-refractivity contribution in [1.82, 2.24) is 5.32 Å². The highest BCUT2D eigenvalue weighted by atomic mass is 16.5. The van der Waals surface area contributed by atoms with Crippen LogP contribution < -0.4 is 15.4 Å². The number of hydrogen-bond acceptors (Lipinski definition) is 5. The van der Waals surface area contributed by atoms with Crippen molar-refractivity contribution in [2.45, 2.75) is 13.0 Å². The lowest BCUT2D eigenvalue weighted by Gasteiger charge is -2.10. The number of carbonyl (C=O) groups is 3. The second-order valence-corrected chi connectivity index (χ2v) is 5.93. The highest BCUT2D eigenvalue weighted by Gasteiger charge is 2.15. The first-order valence-electron chi connectivity index (χ1n) is 8.57. The molecule has 0 aliphatic heterocycles. The van der Waals surface area contributed by atoms with Gasteiger partial charge in [-0.3, -0.25) is 14.4 Å². The molecule has 1 atom stereocenters. The van der Waals surface area contributed by atoms with Crippen LogP contribution in [0.4, 0.5) is 5.69 Å². The number of methoxy groups -OCH3 is 1. The van der Waals surface area contributed by atoms with Crippen LogP contribution in [0.25, 0.3) is 0 Å². The third-order valence-corrected chi connectivity index (χ3v) is 3.78. The fraction of sp³-hybridized carbons (Fsp3) is 0.250. The van der Waals surface area contributed by atoms with Crippen molar-refractivity contribution >= 4 is 23.5 Å². The summed E-state index contributed by atoms with van der Waals surface area (Å²) in [5.74, 6) is -1.39. The molecule has 0 aromatic heterocycles. The maximum atomic E-state index is 12.4. The Morgan fingerprint density at radius 2 is 1.71 bits per heavy atom. The van der Waals surface area contributed by atoms with E-state index < -0.39 is 17.9 Å². The smallest absolute Gasteiger partial charge is 0.325 e. The van der Waals surface area contributed by atoms with E-state index in [0.717, 1.165) is 0 Å². The average Bonchev–Trinajstić information content (AvgIpc) is 2.68. The molecule has 8 heteroatoms. The van der Waals surface area contributed by atoms with E-state index in [9.17, 15) is 14.4 Å². The third kappa shape index (κ3) is 6.10. The molecule has 2 aromatic rings. The number of benzene rings is 2. The van der Waals surface area contributed by atoms with Crippen LogP contribution in [-0.4, -0.2) is 49.3 Å². The van der Waals surface area contributed by atoms with E-state index in [-0.39, 0.29) is 5.91 Å². The van der Waals surface area contributed by atoms with E-state index in [1.54, 1.807) is 43.5 Å². The van der Waals surface area contributed by atoms with Gasteiger partial charge in [0.1, 0.15) is 18.4 Å². The fourth-order valence-corrected chi connectivity index (χ4v) is 2.22. The van der Waals surface area contributed by atoms with Gasteiger partial charge in [0.05, 0.1) is 6.61 Å². The monoisotopic (exact) mass is 386 g/mol. The molecular formula is C20H22N2O6. The number of nitrogens with one attached hydrogen (secondary N) is 2. The van der Waals surface area contributed by atoms with Crippen molar-refractivity contribution in [2.24, 2.45) is 0 Å². The molecule has 0 radical (unpaired) electrons. The van der Waals surface area contributed by atoms with Gasteiger partial charge in [0.2, 0.25) is 0 Å². The lowest BCUT2D eigenvalue weighted by Crippen LogP contribution is -2.38. The van der Waals surface area contributed by atoms with Crippen molar-refractivity contribution in [3.8, 4) is 5.75 Å². The maximum absolute atomic E-state index is 12.4. The Balaban J connectivity index is 1.98. The number of aliphatic carboxylic acids is 1. The Morgan fingerprint density at radius 3 is 2.36 bits per heavy atom. The van der Waals surface area contributed by atoms with Crippen LogP contribution in [0.5, 0.6) is 5.75 Å². The second-order valence-electron chi connectivity index (χ2n) is 5.93. The van der Waals surface area contributed by atoms with Gasteiger partial charge < -0.3 is 25.2 Å². The molecule has 2 aromatic carbocycles. The highest BCUT2D eigenvalue weighted by molar-refractivity contribution is 6.05. The Bertz CT molecular complexity index is 835. The molecule has 3 N–H and O–H groups in total. The number of rotatable bonds is 9. The van der Waals surface area contributed by atoms with Gasteiger partial charge in [0, 0.05) is 23.9 Å². The zero-order chi connectivity index (χ0) is 20.5. The Labute approximate surface area is 162 Å². The molecule has 0 saturated carbocycles. The number of carboxylic acid groups (broad SMARTS) is 1. The number of carboxylic acids is 1. The first kappa shape index (κ1) is 20.9. The van der Waals surface area contributed by atoms with Crippen molar-refractivity contribution < 1.29 is 29.0 Å². The molecule has 148 valence electrons. The van der Waals surface area contributed by atoms with Gasteiger partial charge >= 0.3 is 5.97 Å². The zero-order valence-corrected chi connectivity index (χ0v) is 15.6. The maximum Gasteiger partial charge on any atom is 0.325 e.